The number of nitrogens with one attached hydrogen (secondary N) is 1. The molecule has 2 rings (SSSR count). The average molecular weight is 349 g/mol. The number of aromatic nitrogens is 1. The summed E-state index contributed by atoms with van der Waals surface area (Å²) in [5.41, 5.74) is 1.11. The lowest BCUT2D eigenvalue weighted by Crippen LogP contribution is -2.30. The Labute approximate surface area is 144 Å². The number of benzene rings is 1. The van der Waals surface area contributed by atoms with E-state index in [0.29, 0.717) is 16.3 Å². The van der Waals surface area contributed by atoms with Crippen molar-refractivity contribution >= 4 is 34.9 Å². The number of carbonyl (C=O) groups excluding carboxylic acids is 3. The smallest absolute Gasteiger partial charge is 0.355 e. The molecule has 0 unspecified atom stereocenters. The Morgan fingerprint density at radius 2 is 1.96 bits per heavy atom. The SMILES string of the molecule is CC(=O)c1cc(C(=O)O[C@@H](C)C(=O)Nc2cccc(Cl)c2)n(C)c1. The molecule has 24 heavy (non-hydrogen) atoms. The zero-order valence-corrected chi connectivity index (χ0v) is 14.3. The van der Waals surface area contributed by atoms with Crippen molar-refractivity contribution in [1.82, 2.24) is 4.57 Å². The summed E-state index contributed by atoms with van der Waals surface area (Å²) in [5, 5.41) is 3.10. The number of rotatable bonds is 5. The van der Waals surface area contributed by atoms with Crippen LogP contribution in [0.15, 0.2) is 36.5 Å². The van der Waals surface area contributed by atoms with Gasteiger partial charge in [-0.05, 0) is 38.1 Å². The van der Waals surface area contributed by atoms with Gasteiger partial charge in [-0.15, -0.1) is 0 Å². The molecule has 0 radical (unpaired) electrons. The van der Waals surface area contributed by atoms with Gasteiger partial charge < -0.3 is 14.6 Å². The molecule has 0 saturated carbocycles. The Hall–Kier alpha value is -2.60. The van der Waals surface area contributed by atoms with Gasteiger partial charge in [0.15, 0.2) is 11.9 Å². The van der Waals surface area contributed by atoms with E-state index in [-0.39, 0.29) is 11.5 Å². The van der Waals surface area contributed by atoms with Crippen molar-refractivity contribution in [3.8, 4) is 0 Å². The minimum atomic E-state index is -1.01. The Morgan fingerprint density at radius 1 is 1.25 bits per heavy atom. The number of halogens is 1. The fraction of sp³-hybridized carbons (Fsp3) is 0.235. The molecule has 0 aliphatic rings. The number of ether oxygens (including phenoxy) is 1. The third kappa shape index (κ3) is 4.23. The van der Waals surface area contributed by atoms with Crippen LogP contribution in [0, 0.1) is 0 Å². The number of carbonyl (C=O) groups is 3. The summed E-state index contributed by atoms with van der Waals surface area (Å²) in [7, 11) is 1.62. The van der Waals surface area contributed by atoms with Gasteiger partial charge in [0, 0.05) is 29.5 Å². The van der Waals surface area contributed by atoms with Gasteiger partial charge in [0.2, 0.25) is 0 Å². The van der Waals surface area contributed by atoms with E-state index in [1.165, 1.54) is 30.7 Å². The predicted octanol–water partition coefficient (Wildman–Crippen LogP) is 3.07. The van der Waals surface area contributed by atoms with Crippen LogP contribution in [-0.4, -0.2) is 28.3 Å². The predicted molar refractivity (Wildman–Crippen MR) is 90.4 cm³/mol. The third-order valence-corrected chi connectivity index (χ3v) is 3.60. The molecular formula is C17H17ClN2O4. The number of nitrogens with zero attached hydrogens (tertiary/aromatic N) is 1. The topological polar surface area (TPSA) is 77.4 Å². The lowest BCUT2D eigenvalue weighted by atomic mass is 10.2. The first-order valence-corrected chi connectivity index (χ1v) is 7.60. The molecular weight excluding hydrogens is 332 g/mol. The second-order valence-corrected chi connectivity index (χ2v) is 5.76. The maximum atomic E-state index is 12.2. The van der Waals surface area contributed by atoms with Gasteiger partial charge in [0.1, 0.15) is 5.69 Å². The molecule has 1 N–H and O–H groups in total. The third-order valence-electron chi connectivity index (χ3n) is 3.37. The van der Waals surface area contributed by atoms with E-state index in [9.17, 15) is 14.4 Å². The van der Waals surface area contributed by atoms with Crippen molar-refractivity contribution in [1.29, 1.82) is 0 Å². The van der Waals surface area contributed by atoms with Crippen LogP contribution >= 0.6 is 11.6 Å². The molecule has 126 valence electrons. The van der Waals surface area contributed by atoms with Crippen molar-refractivity contribution < 1.29 is 19.1 Å². The molecule has 1 atom stereocenters. The summed E-state index contributed by atoms with van der Waals surface area (Å²) in [6.45, 7) is 2.87. The quantitative estimate of drug-likeness (QED) is 0.665. The largest absolute Gasteiger partial charge is 0.448 e. The fourth-order valence-electron chi connectivity index (χ4n) is 2.04. The number of esters is 1. The van der Waals surface area contributed by atoms with Gasteiger partial charge in [-0.3, -0.25) is 9.59 Å². The van der Waals surface area contributed by atoms with Crippen molar-refractivity contribution in [2.45, 2.75) is 20.0 Å². The summed E-state index contributed by atoms with van der Waals surface area (Å²) >= 11 is 5.85. The molecule has 6 nitrogen and oxygen atoms in total. The first-order chi connectivity index (χ1) is 11.3. The number of ketones is 1. The van der Waals surface area contributed by atoms with E-state index in [1.807, 2.05) is 0 Å². The molecule has 0 fully saturated rings. The van der Waals surface area contributed by atoms with E-state index < -0.39 is 18.0 Å². The van der Waals surface area contributed by atoms with Crippen LogP contribution < -0.4 is 5.32 Å². The van der Waals surface area contributed by atoms with Gasteiger partial charge in [0.25, 0.3) is 5.91 Å². The highest BCUT2D eigenvalue weighted by atomic mass is 35.5. The van der Waals surface area contributed by atoms with Crippen LogP contribution in [-0.2, 0) is 16.6 Å². The zero-order chi connectivity index (χ0) is 17.9. The van der Waals surface area contributed by atoms with E-state index >= 15 is 0 Å². The monoisotopic (exact) mass is 348 g/mol. The number of Topliss-reactive ketones (excluding diaryl/α,β-unsaturated/α-hetero) is 1. The minimum absolute atomic E-state index is 0.156. The Balaban J connectivity index is 2.03. The van der Waals surface area contributed by atoms with Crippen LogP contribution in [0.25, 0.3) is 0 Å². The molecule has 1 aromatic carbocycles. The summed E-state index contributed by atoms with van der Waals surface area (Å²) in [6.07, 6.45) is 0.530. The Bertz CT molecular complexity index is 798. The number of amides is 1. The van der Waals surface area contributed by atoms with E-state index in [2.05, 4.69) is 5.32 Å². The van der Waals surface area contributed by atoms with E-state index in [1.54, 1.807) is 31.3 Å². The highest BCUT2D eigenvalue weighted by Crippen LogP contribution is 2.16. The molecule has 0 spiro atoms. The number of aryl methyl sites for hydroxylation is 1. The van der Waals surface area contributed by atoms with Gasteiger partial charge >= 0.3 is 5.97 Å². The van der Waals surface area contributed by atoms with Gasteiger partial charge in [-0.25, -0.2) is 4.79 Å². The minimum Gasteiger partial charge on any atom is -0.448 e. The lowest BCUT2D eigenvalue weighted by Gasteiger charge is -2.14. The van der Waals surface area contributed by atoms with Crippen molar-refractivity contribution in [2.24, 2.45) is 7.05 Å². The van der Waals surface area contributed by atoms with Crippen molar-refractivity contribution in [2.75, 3.05) is 5.32 Å². The lowest BCUT2D eigenvalue weighted by molar-refractivity contribution is -0.123. The zero-order valence-electron chi connectivity index (χ0n) is 13.5. The molecule has 2 aromatic rings. The number of anilines is 1. The summed E-state index contributed by atoms with van der Waals surface area (Å²) in [6, 6.07) is 8.08. The molecule has 7 heteroatoms. The highest BCUT2D eigenvalue weighted by Gasteiger charge is 2.22. The van der Waals surface area contributed by atoms with Crippen LogP contribution in [0.4, 0.5) is 5.69 Å². The fourth-order valence-corrected chi connectivity index (χ4v) is 2.23. The average Bonchev–Trinajstić information content (AvgIpc) is 2.89. The second-order valence-electron chi connectivity index (χ2n) is 5.33. The summed E-state index contributed by atoms with van der Waals surface area (Å²) in [5.74, 6) is -1.32. The highest BCUT2D eigenvalue weighted by molar-refractivity contribution is 6.30. The first kappa shape index (κ1) is 17.7. The summed E-state index contributed by atoms with van der Waals surface area (Å²) in [4.78, 5) is 35.6. The Morgan fingerprint density at radius 3 is 2.54 bits per heavy atom. The van der Waals surface area contributed by atoms with E-state index in [4.69, 9.17) is 16.3 Å². The molecule has 0 bridgehead atoms. The molecule has 1 heterocycles. The second kappa shape index (κ2) is 7.31. The number of hydrogen-bond acceptors (Lipinski definition) is 4. The molecule has 0 aliphatic carbocycles. The standard InChI is InChI=1S/C17H17ClN2O4/c1-10(21)12-7-15(20(3)9-12)17(23)24-11(2)16(22)19-14-6-4-5-13(18)8-14/h4-9,11H,1-3H3,(H,19,22)/t11-/m0/s1. The van der Waals surface area contributed by atoms with Crippen LogP contribution in [0.5, 0.6) is 0 Å². The molecule has 0 aliphatic heterocycles. The maximum absolute atomic E-state index is 12.2. The molecule has 1 aromatic heterocycles. The normalized spacial score (nSPS) is 11.7. The van der Waals surface area contributed by atoms with Gasteiger partial charge in [-0.1, -0.05) is 17.7 Å². The first-order valence-electron chi connectivity index (χ1n) is 7.22. The van der Waals surface area contributed by atoms with Crippen LogP contribution in [0.3, 0.4) is 0 Å². The number of hydrogen-bond donors (Lipinski definition) is 1. The van der Waals surface area contributed by atoms with Gasteiger partial charge in [0.05, 0.1) is 0 Å². The van der Waals surface area contributed by atoms with Crippen molar-refractivity contribution in [3.63, 3.8) is 0 Å². The van der Waals surface area contributed by atoms with E-state index in [0.717, 1.165) is 0 Å². The molecule has 0 saturated heterocycles. The maximum Gasteiger partial charge on any atom is 0.355 e. The van der Waals surface area contributed by atoms with Crippen LogP contribution in [0.1, 0.15) is 34.7 Å². The van der Waals surface area contributed by atoms with Crippen molar-refractivity contribution in [3.05, 3.63) is 52.8 Å². The summed E-state index contributed by atoms with van der Waals surface area (Å²) < 4.78 is 6.65. The van der Waals surface area contributed by atoms with Crippen LogP contribution in [0.2, 0.25) is 5.02 Å². The molecule has 1 amide bonds. The van der Waals surface area contributed by atoms with Gasteiger partial charge in [-0.2, -0.15) is 0 Å². The Kier molecular flexibility index (Phi) is 5.41.